The summed E-state index contributed by atoms with van der Waals surface area (Å²) in [6.45, 7) is 2.84. The average Bonchev–Trinajstić information content (AvgIpc) is 2.81. The Kier molecular flexibility index (Phi) is 3.18. The van der Waals surface area contributed by atoms with Crippen molar-refractivity contribution in [3.05, 3.63) is 66.1 Å². The number of aromatic nitrogens is 1. The van der Waals surface area contributed by atoms with Crippen LogP contribution >= 0.6 is 0 Å². The molecule has 23 heavy (non-hydrogen) atoms. The van der Waals surface area contributed by atoms with E-state index in [9.17, 15) is 0 Å². The Morgan fingerprint density at radius 2 is 2.04 bits per heavy atom. The zero-order valence-corrected chi connectivity index (χ0v) is 13.4. The molecule has 4 nitrogen and oxygen atoms in total. The molecule has 0 saturated carbocycles. The Bertz CT molecular complexity index is 831. The van der Waals surface area contributed by atoms with Crippen LogP contribution in [0.3, 0.4) is 0 Å². The first-order valence-corrected chi connectivity index (χ1v) is 7.97. The van der Waals surface area contributed by atoms with Crippen LogP contribution in [0.25, 0.3) is 10.8 Å². The Labute approximate surface area is 136 Å². The second kappa shape index (κ2) is 5.23. The van der Waals surface area contributed by atoms with Crippen molar-refractivity contribution in [3.63, 3.8) is 0 Å². The number of hydrogen-bond donors (Lipinski definition) is 1. The maximum Gasteiger partial charge on any atom is 0.198 e. The first-order chi connectivity index (χ1) is 11.2. The van der Waals surface area contributed by atoms with Crippen molar-refractivity contribution in [1.82, 2.24) is 14.8 Å². The quantitative estimate of drug-likeness (QED) is 0.925. The Morgan fingerprint density at radius 3 is 2.91 bits per heavy atom. The molecule has 2 aliphatic rings. The average molecular weight is 304 g/mol. The molecule has 1 saturated heterocycles. The van der Waals surface area contributed by atoms with Crippen molar-refractivity contribution in [2.45, 2.75) is 19.5 Å². The van der Waals surface area contributed by atoms with Crippen molar-refractivity contribution >= 4 is 16.7 Å². The molecule has 4 heteroatoms. The summed E-state index contributed by atoms with van der Waals surface area (Å²) in [5, 5.41) is 10.9. The topological polar surface area (TPSA) is 43.2 Å². The molecular weight excluding hydrogens is 284 g/mol. The van der Waals surface area contributed by atoms with Gasteiger partial charge in [-0.15, -0.1) is 0 Å². The summed E-state index contributed by atoms with van der Waals surface area (Å²) < 4.78 is 0. The lowest BCUT2D eigenvalue weighted by atomic mass is 9.94. The van der Waals surface area contributed by atoms with E-state index in [0.29, 0.717) is 18.4 Å². The lowest BCUT2D eigenvalue weighted by Gasteiger charge is -2.26. The Morgan fingerprint density at radius 1 is 1.22 bits per heavy atom. The van der Waals surface area contributed by atoms with Gasteiger partial charge in [0.25, 0.3) is 0 Å². The standard InChI is InChI=1S/C19H20N4/c1-13-6-5-9-17-18(13)22(2)19(20)23(17)12-16-15-8-4-3-7-14(15)10-11-21-16/h3-11,13,18,20H,12H2,1-2H3. The predicted molar refractivity (Wildman–Crippen MR) is 93.0 cm³/mol. The summed E-state index contributed by atoms with van der Waals surface area (Å²) >= 11 is 0. The molecule has 0 amide bonds. The van der Waals surface area contributed by atoms with E-state index in [-0.39, 0.29) is 6.04 Å². The number of pyridine rings is 1. The van der Waals surface area contributed by atoms with Crippen LogP contribution in [0, 0.1) is 11.3 Å². The molecule has 4 rings (SSSR count). The number of rotatable bonds is 2. The first-order valence-electron chi connectivity index (χ1n) is 7.97. The van der Waals surface area contributed by atoms with Crippen LogP contribution in [-0.4, -0.2) is 33.8 Å². The molecular formula is C19H20N4. The third-order valence-corrected chi connectivity index (χ3v) is 4.87. The summed E-state index contributed by atoms with van der Waals surface area (Å²) in [5.41, 5.74) is 2.22. The van der Waals surface area contributed by atoms with Crippen molar-refractivity contribution in [1.29, 1.82) is 5.41 Å². The van der Waals surface area contributed by atoms with E-state index in [1.807, 2.05) is 31.4 Å². The fourth-order valence-corrected chi connectivity index (χ4v) is 3.67. The molecule has 2 aromatic rings. The van der Waals surface area contributed by atoms with Gasteiger partial charge in [0.2, 0.25) is 0 Å². The third-order valence-electron chi connectivity index (χ3n) is 4.87. The Balaban J connectivity index is 1.74. The molecule has 1 N–H and O–H groups in total. The summed E-state index contributed by atoms with van der Waals surface area (Å²) in [6, 6.07) is 10.6. The van der Waals surface area contributed by atoms with Crippen molar-refractivity contribution in [3.8, 4) is 0 Å². The van der Waals surface area contributed by atoms with E-state index in [1.165, 1.54) is 11.1 Å². The van der Waals surface area contributed by atoms with Crippen LogP contribution in [0.15, 0.2) is 60.5 Å². The molecule has 0 radical (unpaired) electrons. The van der Waals surface area contributed by atoms with Gasteiger partial charge in [-0.25, -0.2) is 0 Å². The fraction of sp³-hybridized carbons (Fsp3) is 0.263. The van der Waals surface area contributed by atoms with Gasteiger partial charge in [0.15, 0.2) is 5.96 Å². The van der Waals surface area contributed by atoms with Crippen LogP contribution in [0.4, 0.5) is 0 Å². The van der Waals surface area contributed by atoms with Crippen molar-refractivity contribution < 1.29 is 0 Å². The predicted octanol–water partition coefficient (Wildman–Crippen LogP) is 3.38. The molecule has 116 valence electrons. The van der Waals surface area contributed by atoms with E-state index < -0.39 is 0 Å². The zero-order chi connectivity index (χ0) is 16.0. The van der Waals surface area contributed by atoms with Gasteiger partial charge in [0.1, 0.15) is 0 Å². The molecule has 1 aromatic heterocycles. The molecule has 2 heterocycles. The maximum absolute atomic E-state index is 8.51. The number of guanidine groups is 1. The summed E-state index contributed by atoms with van der Waals surface area (Å²) in [5.74, 6) is 0.956. The molecule has 1 aliphatic heterocycles. The second-order valence-corrected chi connectivity index (χ2v) is 6.28. The minimum atomic E-state index is 0.252. The number of benzene rings is 1. The lowest BCUT2D eigenvalue weighted by Crippen LogP contribution is -2.34. The van der Waals surface area contributed by atoms with Crippen LogP contribution in [0.5, 0.6) is 0 Å². The zero-order valence-electron chi connectivity index (χ0n) is 13.4. The molecule has 1 aliphatic carbocycles. The normalized spacial score (nSPS) is 23.4. The molecule has 0 spiro atoms. The van der Waals surface area contributed by atoms with E-state index in [1.54, 1.807) is 0 Å². The number of fused-ring (bicyclic) bond motifs is 2. The van der Waals surface area contributed by atoms with Gasteiger partial charge < -0.3 is 9.80 Å². The molecule has 0 bridgehead atoms. The monoisotopic (exact) mass is 304 g/mol. The number of nitrogens with zero attached hydrogens (tertiary/aromatic N) is 3. The highest BCUT2D eigenvalue weighted by molar-refractivity contribution is 5.86. The molecule has 1 fully saturated rings. The van der Waals surface area contributed by atoms with Crippen LogP contribution < -0.4 is 0 Å². The summed E-state index contributed by atoms with van der Waals surface area (Å²) in [6.07, 6.45) is 8.30. The van der Waals surface area contributed by atoms with Crippen molar-refractivity contribution in [2.75, 3.05) is 7.05 Å². The van der Waals surface area contributed by atoms with Crippen LogP contribution in [0.1, 0.15) is 12.6 Å². The van der Waals surface area contributed by atoms with Gasteiger partial charge in [-0.2, -0.15) is 0 Å². The minimum absolute atomic E-state index is 0.252. The largest absolute Gasteiger partial charge is 0.337 e. The molecule has 1 aromatic carbocycles. The SMILES string of the molecule is CC1C=CC=C2C1N(C)C(=N)N2Cc1nccc2ccccc12. The summed E-state index contributed by atoms with van der Waals surface area (Å²) in [7, 11) is 2.01. The third kappa shape index (κ3) is 2.13. The Hall–Kier alpha value is -2.62. The van der Waals surface area contributed by atoms with Gasteiger partial charge in [0, 0.05) is 30.2 Å². The van der Waals surface area contributed by atoms with E-state index >= 15 is 0 Å². The van der Waals surface area contributed by atoms with Gasteiger partial charge >= 0.3 is 0 Å². The van der Waals surface area contributed by atoms with Crippen LogP contribution in [-0.2, 0) is 6.54 Å². The van der Waals surface area contributed by atoms with Gasteiger partial charge in [-0.1, -0.05) is 43.3 Å². The number of hydrogen-bond acceptors (Lipinski definition) is 2. The molecule has 2 unspecified atom stereocenters. The second-order valence-electron chi connectivity index (χ2n) is 6.28. The van der Waals surface area contributed by atoms with E-state index in [0.717, 1.165) is 11.1 Å². The van der Waals surface area contributed by atoms with E-state index in [2.05, 4.69) is 52.1 Å². The highest BCUT2D eigenvalue weighted by atomic mass is 15.4. The molecule has 2 atom stereocenters. The number of allylic oxidation sites excluding steroid dienone is 2. The van der Waals surface area contributed by atoms with Crippen LogP contribution in [0.2, 0.25) is 0 Å². The first kappa shape index (κ1) is 14.0. The lowest BCUT2D eigenvalue weighted by molar-refractivity contribution is 0.366. The minimum Gasteiger partial charge on any atom is -0.337 e. The number of nitrogens with one attached hydrogen (secondary N) is 1. The smallest absolute Gasteiger partial charge is 0.198 e. The van der Waals surface area contributed by atoms with E-state index in [4.69, 9.17) is 5.41 Å². The number of likely N-dealkylation sites (N-methyl/N-ethyl adjacent to an activating group) is 1. The fourth-order valence-electron chi connectivity index (χ4n) is 3.67. The van der Waals surface area contributed by atoms with Crippen molar-refractivity contribution in [2.24, 2.45) is 5.92 Å². The van der Waals surface area contributed by atoms with Gasteiger partial charge in [0.05, 0.1) is 18.3 Å². The highest BCUT2D eigenvalue weighted by Gasteiger charge is 2.40. The van der Waals surface area contributed by atoms with Gasteiger partial charge in [-0.05, 0) is 17.5 Å². The van der Waals surface area contributed by atoms with Gasteiger partial charge in [-0.3, -0.25) is 10.4 Å². The highest BCUT2D eigenvalue weighted by Crippen LogP contribution is 2.34. The maximum atomic E-state index is 8.51. The summed E-state index contributed by atoms with van der Waals surface area (Å²) in [4.78, 5) is 8.73.